The molecule has 1 aliphatic heterocycles. The Morgan fingerprint density at radius 2 is 1.81 bits per heavy atom. The zero-order valence-corrected chi connectivity index (χ0v) is 18.5. The summed E-state index contributed by atoms with van der Waals surface area (Å²) in [5, 5.41) is 0. The minimum absolute atomic E-state index is 0.128. The Hall–Kier alpha value is -2.93. The Morgan fingerprint density at radius 3 is 2.42 bits per heavy atom. The first-order chi connectivity index (χ1) is 15.1. The second-order valence-electron chi connectivity index (χ2n) is 7.69. The van der Waals surface area contributed by atoms with Crippen molar-refractivity contribution < 1.29 is 19.1 Å². The summed E-state index contributed by atoms with van der Waals surface area (Å²) in [6.07, 6.45) is 3.91. The van der Waals surface area contributed by atoms with Gasteiger partial charge in [0.2, 0.25) is 5.91 Å². The van der Waals surface area contributed by atoms with Gasteiger partial charge in [-0.2, -0.15) is 0 Å². The van der Waals surface area contributed by atoms with E-state index >= 15 is 0 Å². The molecule has 0 spiro atoms. The lowest BCUT2D eigenvalue weighted by atomic mass is 9.84. The lowest BCUT2D eigenvalue weighted by molar-refractivity contribution is -0.151. The summed E-state index contributed by atoms with van der Waals surface area (Å²) < 4.78 is 10.7. The average molecular weight is 426 g/mol. The number of para-hydroxylation sites is 2. The van der Waals surface area contributed by atoms with Crippen LogP contribution >= 0.6 is 0 Å². The standard InChI is InChI=1S/C24H31N3O4/c1-4-22(28)27(20-10-5-6-11-21(20)30-2)24(23(29)31-3)13-17-26(18-14-24)16-12-19-9-7-8-15-25-19/h5-11,15H,4,12-14,16-18H2,1-3H3. The van der Waals surface area contributed by atoms with E-state index in [-0.39, 0.29) is 18.3 Å². The summed E-state index contributed by atoms with van der Waals surface area (Å²) in [4.78, 5) is 34.6. The van der Waals surface area contributed by atoms with Gasteiger partial charge in [0.05, 0.1) is 19.9 Å². The number of hydrogen-bond acceptors (Lipinski definition) is 6. The maximum Gasteiger partial charge on any atom is 0.332 e. The van der Waals surface area contributed by atoms with E-state index in [1.807, 2.05) is 36.4 Å². The van der Waals surface area contributed by atoms with Crippen LogP contribution in [0.4, 0.5) is 5.69 Å². The Balaban J connectivity index is 1.86. The van der Waals surface area contributed by atoms with E-state index in [9.17, 15) is 9.59 Å². The van der Waals surface area contributed by atoms with Crippen molar-refractivity contribution >= 4 is 17.6 Å². The van der Waals surface area contributed by atoms with Crippen molar-refractivity contribution in [2.45, 2.75) is 38.1 Å². The molecule has 0 bridgehead atoms. The molecule has 0 atom stereocenters. The fourth-order valence-electron chi connectivity index (χ4n) is 4.25. The van der Waals surface area contributed by atoms with E-state index in [0.29, 0.717) is 37.4 Å². The van der Waals surface area contributed by atoms with Crippen molar-refractivity contribution in [1.82, 2.24) is 9.88 Å². The van der Waals surface area contributed by atoms with E-state index in [1.54, 1.807) is 31.2 Å². The molecule has 1 aromatic carbocycles. The third-order valence-corrected chi connectivity index (χ3v) is 5.96. The summed E-state index contributed by atoms with van der Waals surface area (Å²) in [5.74, 6) is 0.0478. The third-order valence-electron chi connectivity index (χ3n) is 5.96. The fraction of sp³-hybridized carbons (Fsp3) is 0.458. The fourth-order valence-corrected chi connectivity index (χ4v) is 4.25. The highest BCUT2D eigenvalue weighted by Gasteiger charge is 2.50. The number of esters is 1. The predicted octanol–water partition coefficient (Wildman–Crippen LogP) is 3.08. The topological polar surface area (TPSA) is 72.0 Å². The van der Waals surface area contributed by atoms with Gasteiger partial charge in [-0.1, -0.05) is 25.1 Å². The van der Waals surface area contributed by atoms with Crippen molar-refractivity contribution in [3.63, 3.8) is 0 Å². The number of carbonyl (C=O) groups excluding carboxylic acids is 2. The summed E-state index contributed by atoms with van der Waals surface area (Å²) in [6.45, 7) is 4.03. The van der Waals surface area contributed by atoms with Gasteiger partial charge in [-0.15, -0.1) is 0 Å². The smallest absolute Gasteiger partial charge is 0.332 e. The number of aromatic nitrogens is 1. The summed E-state index contributed by atoms with van der Waals surface area (Å²) in [6, 6.07) is 13.2. The number of ether oxygens (including phenoxy) is 2. The zero-order valence-electron chi connectivity index (χ0n) is 18.5. The molecule has 1 aromatic heterocycles. The van der Waals surface area contributed by atoms with Gasteiger partial charge < -0.3 is 14.4 Å². The maximum atomic E-state index is 13.1. The largest absolute Gasteiger partial charge is 0.495 e. The van der Waals surface area contributed by atoms with Gasteiger partial charge in [-0.3, -0.25) is 14.7 Å². The molecule has 1 amide bonds. The highest BCUT2D eigenvalue weighted by molar-refractivity contribution is 6.03. The quantitative estimate of drug-likeness (QED) is 0.606. The molecule has 1 fully saturated rings. The highest BCUT2D eigenvalue weighted by Crippen LogP contribution is 2.39. The average Bonchev–Trinajstić information content (AvgIpc) is 2.83. The Labute approximate surface area is 184 Å². The number of piperidine rings is 1. The number of rotatable bonds is 8. The monoisotopic (exact) mass is 425 g/mol. The molecular formula is C24H31N3O4. The van der Waals surface area contributed by atoms with Crippen LogP contribution in [0, 0.1) is 0 Å². The van der Waals surface area contributed by atoms with Crippen LogP contribution < -0.4 is 9.64 Å². The molecule has 1 saturated heterocycles. The Bertz CT molecular complexity index is 879. The zero-order chi connectivity index (χ0) is 22.3. The van der Waals surface area contributed by atoms with Crippen molar-refractivity contribution in [3.05, 3.63) is 54.4 Å². The second kappa shape index (κ2) is 10.4. The number of nitrogens with zero attached hydrogens (tertiary/aromatic N) is 3. The second-order valence-corrected chi connectivity index (χ2v) is 7.69. The molecule has 166 valence electrons. The van der Waals surface area contributed by atoms with Crippen LogP contribution in [0.25, 0.3) is 0 Å². The summed E-state index contributed by atoms with van der Waals surface area (Å²) in [5.41, 5.74) is 0.589. The molecule has 1 aliphatic rings. The number of amides is 1. The van der Waals surface area contributed by atoms with Crippen molar-refractivity contribution in [2.24, 2.45) is 0 Å². The van der Waals surface area contributed by atoms with Crippen LogP contribution in [0.3, 0.4) is 0 Å². The number of carbonyl (C=O) groups is 2. The third kappa shape index (κ3) is 4.88. The number of benzene rings is 1. The predicted molar refractivity (Wildman–Crippen MR) is 119 cm³/mol. The van der Waals surface area contributed by atoms with Gasteiger partial charge in [0.15, 0.2) is 0 Å². The van der Waals surface area contributed by atoms with Crippen LogP contribution in [0.2, 0.25) is 0 Å². The van der Waals surface area contributed by atoms with Crippen LogP contribution in [-0.2, 0) is 20.7 Å². The molecule has 0 unspecified atom stereocenters. The maximum absolute atomic E-state index is 13.1. The molecule has 0 N–H and O–H groups in total. The van der Waals surface area contributed by atoms with Crippen LogP contribution in [0.15, 0.2) is 48.7 Å². The SMILES string of the molecule is CCC(=O)N(c1ccccc1OC)C1(C(=O)OC)CCN(CCc2ccccn2)CC1. The van der Waals surface area contributed by atoms with Crippen molar-refractivity contribution in [1.29, 1.82) is 0 Å². The summed E-state index contributed by atoms with van der Waals surface area (Å²) >= 11 is 0. The van der Waals surface area contributed by atoms with E-state index in [2.05, 4.69) is 9.88 Å². The van der Waals surface area contributed by atoms with E-state index in [1.165, 1.54) is 7.11 Å². The summed E-state index contributed by atoms with van der Waals surface area (Å²) in [7, 11) is 2.95. The number of likely N-dealkylation sites (tertiary alicyclic amines) is 1. The van der Waals surface area contributed by atoms with Gasteiger partial charge in [0, 0.05) is 44.4 Å². The minimum atomic E-state index is -1.06. The molecule has 3 rings (SSSR count). The molecule has 2 heterocycles. The first-order valence-corrected chi connectivity index (χ1v) is 10.7. The molecule has 2 aromatic rings. The van der Waals surface area contributed by atoms with E-state index < -0.39 is 5.54 Å². The van der Waals surface area contributed by atoms with Crippen molar-refractivity contribution in [2.75, 3.05) is 38.8 Å². The molecule has 0 saturated carbocycles. The highest BCUT2D eigenvalue weighted by atomic mass is 16.5. The number of anilines is 1. The van der Waals surface area contributed by atoms with Gasteiger partial charge in [-0.25, -0.2) is 4.79 Å². The molecule has 31 heavy (non-hydrogen) atoms. The van der Waals surface area contributed by atoms with Gasteiger partial charge >= 0.3 is 5.97 Å². The van der Waals surface area contributed by atoms with E-state index in [4.69, 9.17) is 9.47 Å². The van der Waals surface area contributed by atoms with Crippen molar-refractivity contribution in [3.8, 4) is 5.75 Å². The number of methoxy groups -OCH3 is 2. The molecule has 0 aliphatic carbocycles. The molecule has 7 heteroatoms. The first kappa shape index (κ1) is 22.7. The van der Waals surface area contributed by atoms with E-state index in [0.717, 1.165) is 18.7 Å². The lowest BCUT2D eigenvalue weighted by Gasteiger charge is -2.46. The Kier molecular flexibility index (Phi) is 7.63. The number of hydrogen-bond donors (Lipinski definition) is 0. The number of pyridine rings is 1. The molecule has 7 nitrogen and oxygen atoms in total. The molecule has 0 radical (unpaired) electrons. The lowest BCUT2D eigenvalue weighted by Crippen LogP contribution is -2.62. The van der Waals surface area contributed by atoms with Crippen LogP contribution in [-0.4, -0.2) is 61.2 Å². The normalized spacial score (nSPS) is 15.8. The Morgan fingerprint density at radius 1 is 1.10 bits per heavy atom. The van der Waals surface area contributed by atoms with Gasteiger partial charge in [-0.05, 0) is 37.1 Å². The van der Waals surface area contributed by atoms with Gasteiger partial charge in [0.25, 0.3) is 0 Å². The van der Waals surface area contributed by atoms with Crippen LogP contribution in [0.5, 0.6) is 5.75 Å². The first-order valence-electron chi connectivity index (χ1n) is 10.7. The molecular weight excluding hydrogens is 394 g/mol. The van der Waals surface area contributed by atoms with Crippen LogP contribution in [0.1, 0.15) is 31.9 Å². The minimum Gasteiger partial charge on any atom is -0.495 e. The van der Waals surface area contributed by atoms with Gasteiger partial charge in [0.1, 0.15) is 11.3 Å².